The highest BCUT2D eigenvalue weighted by Gasteiger charge is 2.12. The van der Waals surface area contributed by atoms with Gasteiger partial charge >= 0.3 is 0 Å². The van der Waals surface area contributed by atoms with Gasteiger partial charge in [0.05, 0.1) is 6.20 Å². The molecule has 0 fully saturated rings. The van der Waals surface area contributed by atoms with Gasteiger partial charge in [-0.3, -0.25) is 4.79 Å². The van der Waals surface area contributed by atoms with Crippen molar-refractivity contribution in [3.8, 4) is 0 Å². The predicted octanol–water partition coefficient (Wildman–Crippen LogP) is 2.16. The molecule has 7 heteroatoms. The van der Waals surface area contributed by atoms with Crippen LogP contribution in [0.1, 0.15) is 30.4 Å². The summed E-state index contributed by atoms with van der Waals surface area (Å²) in [6, 6.07) is 4.91. The third-order valence-electron chi connectivity index (χ3n) is 2.27. The second-order valence-electron chi connectivity index (χ2n) is 3.95. The third-order valence-corrected chi connectivity index (χ3v) is 2.47. The lowest BCUT2D eigenvalue weighted by molar-refractivity contribution is 0.102. The number of hydrogen-bond acceptors (Lipinski definition) is 4. The molecule has 0 radical (unpaired) electrons. The van der Waals surface area contributed by atoms with E-state index < -0.39 is 0 Å². The van der Waals surface area contributed by atoms with Gasteiger partial charge in [-0.05, 0) is 26.0 Å². The molecule has 0 aromatic carbocycles. The molecule has 0 spiro atoms. The van der Waals surface area contributed by atoms with Crippen LogP contribution >= 0.6 is 11.6 Å². The van der Waals surface area contributed by atoms with Crippen LogP contribution in [-0.4, -0.2) is 25.9 Å². The van der Waals surface area contributed by atoms with E-state index in [4.69, 9.17) is 11.6 Å². The van der Waals surface area contributed by atoms with Crippen molar-refractivity contribution < 1.29 is 4.79 Å². The second kappa shape index (κ2) is 5.14. The smallest absolute Gasteiger partial charge is 0.277 e. The van der Waals surface area contributed by atoms with E-state index in [-0.39, 0.29) is 22.8 Å². The van der Waals surface area contributed by atoms with Gasteiger partial charge < -0.3 is 5.32 Å². The second-order valence-corrected chi connectivity index (χ2v) is 4.34. The van der Waals surface area contributed by atoms with E-state index in [0.29, 0.717) is 5.82 Å². The standard InChI is InChI=1S/C11H12ClN5O/c1-7(2)17-10(5-6-13-17)14-11(18)8-3-4-9(12)16-15-8/h3-7H,1-2H3,(H,14,18). The third kappa shape index (κ3) is 2.65. The zero-order valence-electron chi connectivity index (χ0n) is 9.96. The summed E-state index contributed by atoms with van der Waals surface area (Å²) in [5.41, 5.74) is 0.205. The van der Waals surface area contributed by atoms with Gasteiger partial charge in [-0.1, -0.05) is 11.6 Å². The average Bonchev–Trinajstić information content (AvgIpc) is 2.78. The van der Waals surface area contributed by atoms with Crippen molar-refractivity contribution in [3.63, 3.8) is 0 Å². The first-order valence-electron chi connectivity index (χ1n) is 5.42. The normalized spacial score (nSPS) is 10.7. The van der Waals surface area contributed by atoms with Gasteiger partial charge in [-0.25, -0.2) is 4.68 Å². The lowest BCUT2D eigenvalue weighted by Crippen LogP contribution is -2.18. The van der Waals surface area contributed by atoms with Crippen molar-refractivity contribution in [2.24, 2.45) is 0 Å². The van der Waals surface area contributed by atoms with Crippen LogP contribution in [0.25, 0.3) is 0 Å². The number of carbonyl (C=O) groups excluding carboxylic acids is 1. The van der Waals surface area contributed by atoms with Crippen molar-refractivity contribution >= 4 is 23.3 Å². The monoisotopic (exact) mass is 265 g/mol. The lowest BCUT2D eigenvalue weighted by atomic mass is 10.3. The Hall–Kier alpha value is -1.95. The number of nitrogens with one attached hydrogen (secondary N) is 1. The zero-order chi connectivity index (χ0) is 13.1. The fourth-order valence-electron chi connectivity index (χ4n) is 1.44. The van der Waals surface area contributed by atoms with E-state index in [1.54, 1.807) is 16.9 Å². The first kappa shape index (κ1) is 12.5. The largest absolute Gasteiger partial charge is 0.305 e. The summed E-state index contributed by atoms with van der Waals surface area (Å²) in [7, 11) is 0. The van der Waals surface area contributed by atoms with Crippen molar-refractivity contribution in [1.29, 1.82) is 0 Å². The van der Waals surface area contributed by atoms with E-state index in [1.165, 1.54) is 12.1 Å². The van der Waals surface area contributed by atoms with Crippen LogP contribution in [0.5, 0.6) is 0 Å². The predicted molar refractivity (Wildman–Crippen MR) is 67.6 cm³/mol. The molecule has 6 nitrogen and oxygen atoms in total. The number of halogens is 1. The molecular weight excluding hydrogens is 254 g/mol. The fourth-order valence-corrected chi connectivity index (χ4v) is 1.54. The van der Waals surface area contributed by atoms with E-state index in [9.17, 15) is 4.79 Å². The van der Waals surface area contributed by atoms with Crippen LogP contribution in [0.3, 0.4) is 0 Å². The molecule has 0 aliphatic rings. The van der Waals surface area contributed by atoms with Crippen LogP contribution in [0.4, 0.5) is 5.82 Å². The summed E-state index contributed by atoms with van der Waals surface area (Å²) in [4.78, 5) is 11.9. The van der Waals surface area contributed by atoms with Gasteiger partial charge in [0.25, 0.3) is 5.91 Å². The lowest BCUT2D eigenvalue weighted by Gasteiger charge is -2.11. The maximum Gasteiger partial charge on any atom is 0.277 e. The number of aromatic nitrogens is 4. The molecule has 0 atom stereocenters. The molecule has 0 saturated carbocycles. The Morgan fingerprint density at radius 1 is 1.33 bits per heavy atom. The molecule has 2 aromatic heterocycles. The SMILES string of the molecule is CC(C)n1nccc1NC(=O)c1ccc(Cl)nn1. The van der Waals surface area contributed by atoms with Crippen molar-refractivity contribution in [2.75, 3.05) is 5.32 Å². The van der Waals surface area contributed by atoms with Gasteiger partial charge in [-0.2, -0.15) is 5.10 Å². The van der Waals surface area contributed by atoms with E-state index in [0.717, 1.165) is 0 Å². The Bertz CT molecular complexity index is 549. The van der Waals surface area contributed by atoms with Crippen LogP contribution in [-0.2, 0) is 0 Å². The number of hydrogen-bond donors (Lipinski definition) is 1. The zero-order valence-corrected chi connectivity index (χ0v) is 10.7. The Morgan fingerprint density at radius 2 is 2.11 bits per heavy atom. The number of nitrogens with zero attached hydrogens (tertiary/aromatic N) is 4. The quantitative estimate of drug-likeness (QED) is 0.923. The van der Waals surface area contributed by atoms with Crippen molar-refractivity contribution in [3.05, 3.63) is 35.2 Å². The average molecular weight is 266 g/mol. The minimum atomic E-state index is -0.346. The highest BCUT2D eigenvalue weighted by molar-refractivity contribution is 6.29. The summed E-state index contributed by atoms with van der Waals surface area (Å²) < 4.78 is 1.71. The molecule has 18 heavy (non-hydrogen) atoms. The summed E-state index contributed by atoms with van der Waals surface area (Å²) >= 11 is 5.61. The Kier molecular flexibility index (Phi) is 3.57. The summed E-state index contributed by atoms with van der Waals surface area (Å²) in [6.45, 7) is 3.95. The maximum absolute atomic E-state index is 11.9. The van der Waals surface area contributed by atoms with Crippen LogP contribution in [0.15, 0.2) is 24.4 Å². The Balaban J connectivity index is 2.16. The summed E-state index contributed by atoms with van der Waals surface area (Å²) in [5.74, 6) is 0.272. The van der Waals surface area contributed by atoms with Crippen molar-refractivity contribution in [2.45, 2.75) is 19.9 Å². The molecule has 0 unspecified atom stereocenters. The first-order valence-corrected chi connectivity index (χ1v) is 5.80. The molecule has 0 aliphatic carbocycles. The van der Waals surface area contributed by atoms with Gasteiger partial charge in [0.2, 0.25) is 0 Å². The van der Waals surface area contributed by atoms with Crippen LogP contribution < -0.4 is 5.32 Å². The minimum Gasteiger partial charge on any atom is -0.305 e. The van der Waals surface area contributed by atoms with Crippen LogP contribution in [0, 0.1) is 0 Å². The Labute approximate surface area is 109 Å². The number of anilines is 1. The van der Waals surface area contributed by atoms with Crippen LogP contribution in [0.2, 0.25) is 5.15 Å². The molecule has 0 bridgehead atoms. The summed E-state index contributed by atoms with van der Waals surface area (Å²) in [6.07, 6.45) is 1.63. The molecule has 1 amide bonds. The van der Waals surface area contributed by atoms with Crippen molar-refractivity contribution in [1.82, 2.24) is 20.0 Å². The number of carbonyl (C=O) groups is 1. The van der Waals surface area contributed by atoms with E-state index >= 15 is 0 Å². The molecular formula is C11H12ClN5O. The van der Waals surface area contributed by atoms with Gasteiger partial charge in [0.15, 0.2) is 10.8 Å². The maximum atomic E-state index is 11.9. The molecule has 94 valence electrons. The van der Waals surface area contributed by atoms with Gasteiger partial charge in [0, 0.05) is 12.1 Å². The topological polar surface area (TPSA) is 72.7 Å². The Morgan fingerprint density at radius 3 is 2.72 bits per heavy atom. The molecule has 1 N–H and O–H groups in total. The molecule has 0 saturated heterocycles. The molecule has 0 aliphatic heterocycles. The minimum absolute atomic E-state index is 0.159. The molecule has 2 heterocycles. The summed E-state index contributed by atoms with van der Waals surface area (Å²) in [5, 5.41) is 14.4. The van der Waals surface area contributed by atoms with E-state index in [2.05, 4.69) is 20.6 Å². The van der Waals surface area contributed by atoms with Gasteiger partial charge in [-0.15, -0.1) is 10.2 Å². The highest BCUT2D eigenvalue weighted by Crippen LogP contribution is 2.14. The van der Waals surface area contributed by atoms with E-state index in [1.807, 2.05) is 13.8 Å². The number of amides is 1. The highest BCUT2D eigenvalue weighted by atomic mass is 35.5. The first-order chi connectivity index (χ1) is 8.58. The number of rotatable bonds is 3. The molecule has 2 aromatic rings. The fraction of sp³-hybridized carbons (Fsp3) is 0.273. The molecule has 2 rings (SSSR count). The van der Waals surface area contributed by atoms with Gasteiger partial charge in [0.1, 0.15) is 5.82 Å².